The Labute approximate surface area is 138 Å². The van der Waals surface area contributed by atoms with E-state index in [0.717, 1.165) is 23.9 Å². The monoisotopic (exact) mass is 335 g/mol. The molecule has 128 valence electrons. The van der Waals surface area contributed by atoms with Crippen molar-refractivity contribution in [3.05, 3.63) is 53.4 Å². The predicted molar refractivity (Wildman–Crippen MR) is 83.1 cm³/mol. The van der Waals surface area contributed by atoms with Gasteiger partial charge in [0.25, 0.3) is 0 Å². The number of nitrogens with zero attached hydrogens (tertiary/aromatic N) is 2. The van der Waals surface area contributed by atoms with E-state index >= 15 is 0 Å². The van der Waals surface area contributed by atoms with Crippen molar-refractivity contribution in [2.45, 2.75) is 31.4 Å². The van der Waals surface area contributed by atoms with Crippen molar-refractivity contribution in [1.29, 1.82) is 0 Å². The molecule has 1 aliphatic heterocycles. The first-order valence-corrected chi connectivity index (χ1v) is 7.87. The van der Waals surface area contributed by atoms with E-state index in [4.69, 9.17) is 4.74 Å². The summed E-state index contributed by atoms with van der Waals surface area (Å²) in [6.45, 7) is 0.555. The number of aryl methyl sites for hydroxylation is 2. The summed E-state index contributed by atoms with van der Waals surface area (Å²) >= 11 is 0. The summed E-state index contributed by atoms with van der Waals surface area (Å²) in [5.41, 5.74) is 1.10. The highest BCUT2D eigenvalue weighted by atomic mass is 19.1. The summed E-state index contributed by atoms with van der Waals surface area (Å²) in [4.78, 5) is 12.2. The van der Waals surface area contributed by atoms with Gasteiger partial charge in [0.15, 0.2) is 0 Å². The molecule has 24 heavy (non-hydrogen) atoms. The molecule has 1 aliphatic rings. The first-order valence-electron chi connectivity index (χ1n) is 7.87. The van der Waals surface area contributed by atoms with Crippen LogP contribution in [-0.4, -0.2) is 28.3 Å². The van der Waals surface area contributed by atoms with Crippen molar-refractivity contribution in [3.63, 3.8) is 0 Å². The molecule has 1 amide bonds. The van der Waals surface area contributed by atoms with Gasteiger partial charge in [-0.15, -0.1) is 0 Å². The van der Waals surface area contributed by atoms with E-state index in [9.17, 15) is 13.6 Å². The van der Waals surface area contributed by atoms with Gasteiger partial charge in [0.05, 0.1) is 11.7 Å². The number of halogens is 2. The maximum atomic E-state index is 13.6. The number of rotatable bonds is 5. The van der Waals surface area contributed by atoms with Crippen molar-refractivity contribution in [3.8, 4) is 0 Å². The Bertz CT molecular complexity index is 732. The van der Waals surface area contributed by atoms with E-state index < -0.39 is 11.6 Å². The molecule has 1 aromatic carbocycles. The van der Waals surface area contributed by atoms with E-state index in [0.29, 0.717) is 13.0 Å². The van der Waals surface area contributed by atoms with Crippen LogP contribution in [0, 0.1) is 11.6 Å². The third-order valence-electron chi connectivity index (χ3n) is 4.22. The molecule has 1 saturated heterocycles. The fraction of sp³-hybridized carbons (Fsp3) is 0.412. The highest BCUT2D eigenvalue weighted by Gasteiger charge is 2.32. The van der Waals surface area contributed by atoms with Gasteiger partial charge < -0.3 is 10.1 Å². The second-order valence-electron chi connectivity index (χ2n) is 5.87. The maximum absolute atomic E-state index is 13.6. The van der Waals surface area contributed by atoms with Gasteiger partial charge in [-0.2, -0.15) is 5.10 Å². The quantitative estimate of drug-likeness (QED) is 0.912. The highest BCUT2D eigenvalue weighted by Crippen LogP contribution is 2.28. The molecule has 5 nitrogen and oxygen atoms in total. The number of hydrogen-bond donors (Lipinski definition) is 1. The molecule has 2 heterocycles. The van der Waals surface area contributed by atoms with E-state index in [1.807, 2.05) is 13.1 Å². The lowest BCUT2D eigenvalue weighted by Crippen LogP contribution is -2.37. The standard InChI is InChI=1S/C17H19F2N3O2/c1-22-15(6-8-20-22)17-14(7-9-24-17)21-16(23)5-2-11-10-12(18)3-4-13(11)19/h3-4,6,8,10,14,17H,2,5,7,9H2,1H3,(H,21,23)/t14-,17-/m0/s1. The van der Waals surface area contributed by atoms with Crippen LogP contribution in [0.1, 0.15) is 30.2 Å². The summed E-state index contributed by atoms with van der Waals surface area (Å²) < 4.78 is 34.2. The first-order chi connectivity index (χ1) is 11.5. The molecule has 1 fully saturated rings. The molecule has 0 saturated carbocycles. The minimum Gasteiger partial charge on any atom is -0.370 e. The van der Waals surface area contributed by atoms with Gasteiger partial charge in [-0.3, -0.25) is 9.48 Å². The van der Waals surface area contributed by atoms with Crippen molar-refractivity contribution in [2.24, 2.45) is 7.05 Å². The lowest BCUT2D eigenvalue weighted by molar-refractivity contribution is -0.122. The Balaban J connectivity index is 1.58. The fourth-order valence-corrected chi connectivity index (χ4v) is 2.95. The number of nitrogens with one attached hydrogen (secondary N) is 1. The lowest BCUT2D eigenvalue weighted by atomic mass is 10.1. The van der Waals surface area contributed by atoms with Crippen molar-refractivity contribution in [2.75, 3.05) is 6.61 Å². The molecule has 2 atom stereocenters. The first kappa shape index (κ1) is 16.6. The average Bonchev–Trinajstić information content (AvgIpc) is 3.16. The van der Waals surface area contributed by atoms with E-state index in [1.165, 1.54) is 0 Å². The van der Waals surface area contributed by atoms with Crippen LogP contribution in [0.3, 0.4) is 0 Å². The van der Waals surface area contributed by atoms with Crippen LogP contribution in [0.25, 0.3) is 0 Å². The van der Waals surface area contributed by atoms with Crippen LogP contribution in [0.2, 0.25) is 0 Å². The van der Waals surface area contributed by atoms with Gasteiger partial charge >= 0.3 is 0 Å². The Kier molecular flexibility index (Phi) is 4.89. The zero-order valence-electron chi connectivity index (χ0n) is 13.3. The molecule has 3 rings (SSSR count). The van der Waals surface area contributed by atoms with Gasteiger partial charge in [-0.25, -0.2) is 8.78 Å². The summed E-state index contributed by atoms with van der Waals surface area (Å²) in [5, 5.41) is 7.04. The Morgan fingerprint density at radius 3 is 3.00 bits per heavy atom. The molecule has 0 unspecified atom stereocenters. The van der Waals surface area contributed by atoms with Crippen LogP contribution in [-0.2, 0) is 23.0 Å². The number of benzene rings is 1. The molecular weight excluding hydrogens is 316 g/mol. The zero-order valence-corrected chi connectivity index (χ0v) is 13.3. The molecular formula is C17H19F2N3O2. The Morgan fingerprint density at radius 2 is 2.25 bits per heavy atom. The average molecular weight is 335 g/mol. The molecule has 7 heteroatoms. The number of amides is 1. The van der Waals surface area contributed by atoms with Gasteiger partial charge in [-0.05, 0) is 42.7 Å². The zero-order chi connectivity index (χ0) is 17.1. The number of aromatic nitrogens is 2. The van der Waals surface area contributed by atoms with Crippen LogP contribution in [0.15, 0.2) is 30.5 Å². The van der Waals surface area contributed by atoms with E-state index in [1.54, 1.807) is 10.9 Å². The predicted octanol–water partition coefficient (Wildman–Crippen LogP) is 2.28. The molecule has 0 radical (unpaired) electrons. The second kappa shape index (κ2) is 7.09. The summed E-state index contributed by atoms with van der Waals surface area (Å²) in [6, 6.07) is 4.97. The van der Waals surface area contributed by atoms with Crippen LogP contribution in [0.4, 0.5) is 8.78 Å². The third-order valence-corrected chi connectivity index (χ3v) is 4.22. The summed E-state index contributed by atoms with van der Waals surface area (Å²) in [7, 11) is 1.82. The van der Waals surface area contributed by atoms with Gasteiger partial charge in [0.2, 0.25) is 5.91 Å². The largest absolute Gasteiger partial charge is 0.370 e. The Morgan fingerprint density at radius 1 is 1.42 bits per heavy atom. The maximum Gasteiger partial charge on any atom is 0.220 e. The summed E-state index contributed by atoms with van der Waals surface area (Å²) in [6.07, 6.45) is 2.39. The molecule has 2 aromatic rings. The lowest BCUT2D eigenvalue weighted by Gasteiger charge is -2.20. The Hall–Kier alpha value is -2.28. The smallest absolute Gasteiger partial charge is 0.220 e. The summed E-state index contributed by atoms with van der Waals surface area (Å²) in [5.74, 6) is -1.21. The molecule has 0 aliphatic carbocycles. The van der Waals surface area contributed by atoms with Gasteiger partial charge in [-0.1, -0.05) is 0 Å². The topological polar surface area (TPSA) is 56.1 Å². The van der Waals surface area contributed by atoms with Crippen molar-refractivity contribution < 1.29 is 18.3 Å². The number of hydrogen-bond acceptors (Lipinski definition) is 3. The van der Waals surface area contributed by atoms with Crippen LogP contribution < -0.4 is 5.32 Å². The number of ether oxygens (including phenoxy) is 1. The van der Waals surface area contributed by atoms with Gasteiger partial charge in [0.1, 0.15) is 17.7 Å². The number of carbonyl (C=O) groups is 1. The van der Waals surface area contributed by atoms with Crippen molar-refractivity contribution in [1.82, 2.24) is 15.1 Å². The van der Waals surface area contributed by atoms with Crippen molar-refractivity contribution >= 4 is 5.91 Å². The van der Waals surface area contributed by atoms with Crippen LogP contribution >= 0.6 is 0 Å². The molecule has 0 spiro atoms. The number of carbonyl (C=O) groups excluding carboxylic acids is 1. The normalized spacial score (nSPS) is 20.3. The second-order valence-corrected chi connectivity index (χ2v) is 5.87. The highest BCUT2D eigenvalue weighted by molar-refractivity contribution is 5.76. The molecule has 1 N–H and O–H groups in total. The SMILES string of the molecule is Cn1nccc1[C@H]1OCC[C@@H]1NC(=O)CCc1cc(F)ccc1F. The minimum atomic E-state index is -0.507. The van der Waals surface area contributed by atoms with Crippen LogP contribution in [0.5, 0.6) is 0 Å². The minimum absolute atomic E-state index is 0.0922. The molecule has 0 bridgehead atoms. The molecule has 1 aromatic heterocycles. The van der Waals surface area contributed by atoms with E-state index in [-0.39, 0.29) is 36.5 Å². The fourth-order valence-electron chi connectivity index (χ4n) is 2.95. The van der Waals surface area contributed by atoms with Gasteiger partial charge in [0, 0.05) is 26.3 Å². The van der Waals surface area contributed by atoms with E-state index in [2.05, 4.69) is 10.4 Å². The third kappa shape index (κ3) is 3.62.